The van der Waals surface area contributed by atoms with E-state index in [0.29, 0.717) is 12.1 Å². The normalized spacial score (nSPS) is 18.1. The van der Waals surface area contributed by atoms with Gasteiger partial charge in [0.1, 0.15) is 0 Å². The molecule has 0 spiro atoms. The van der Waals surface area contributed by atoms with Crippen LogP contribution in [0.2, 0.25) is 0 Å². The Labute approximate surface area is 122 Å². The third-order valence-electron chi connectivity index (χ3n) is 4.25. The van der Waals surface area contributed by atoms with Crippen LogP contribution in [0.15, 0.2) is 24.3 Å². The van der Waals surface area contributed by atoms with Gasteiger partial charge < -0.3 is 10.2 Å². The van der Waals surface area contributed by atoms with Gasteiger partial charge in [0, 0.05) is 32.1 Å². The number of rotatable bonds is 4. The number of aryl methyl sites for hydroxylation is 1. The van der Waals surface area contributed by atoms with Crippen molar-refractivity contribution in [1.29, 1.82) is 0 Å². The highest BCUT2D eigenvalue weighted by Crippen LogP contribution is 2.14. The Kier molecular flexibility index (Phi) is 5.18. The average Bonchev–Trinajstić information content (AvgIpc) is 2.42. The number of likely N-dealkylation sites (tertiary alicyclic amines) is 1. The number of nitrogens with one attached hydrogen (secondary N) is 1. The molecule has 0 saturated carbocycles. The van der Waals surface area contributed by atoms with Crippen LogP contribution in [0, 0.1) is 6.92 Å². The van der Waals surface area contributed by atoms with Crippen molar-refractivity contribution in [3.05, 3.63) is 35.4 Å². The smallest absolute Gasteiger partial charge is 0.219 e. The van der Waals surface area contributed by atoms with Crippen LogP contribution >= 0.6 is 0 Å². The topological polar surface area (TPSA) is 32.3 Å². The molecule has 1 fully saturated rings. The van der Waals surface area contributed by atoms with Gasteiger partial charge in [0.15, 0.2) is 0 Å². The summed E-state index contributed by atoms with van der Waals surface area (Å²) in [5.74, 6) is 0.205. The zero-order chi connectivity index (χ0) is 14.5. The molecule has 20 heavy (non-hydrogen) atoms. The van der Waals surface area contributed by atoms with E-state index >= 15 is 0 Å². The Morgan fingerprint density at radius 2 is 2.00 bits per heavy atom. The Morgan fingerprint density at radius 1 is 1.35 bits per heavy atom. The Balaban J connectivity index is 1.80. The molecule has 0 aromatic heterocycles. The minimum atomic E-state index is 0.205. The molecule has 1 atom stereocenters. The van der Waals surface area contributed by atoms with Crippen LogP contribution in [-0.2, 0) is 11.2 Å². The summed E-state index contributed by atoms with van der Waals surface area (Å²) < 4.78 is 0. The van der Waals surface area contributed by atoms with E-state index in [1.165, 1.54) is 11.1 Å². The second-order valence-corrected chi connectivity index (χ2v) is 5.98. The number of hydrogen-bond acceptors (Lipinski definition) is 2. The molecule has 1 unspecified atom stereocenters. The first kappa shape index (κ1) is 15.0. The van der Waals surface area contributed by atoms with Crippen LogP contribution in [0.1, 0.15) is 37.8 Å². The van der Waals surface area contributed by atoms with Gasteiger partial charge in [-0.15, -0.1) is 0 Å². The van der Waals surface area contributed by atoms with Gasteiger partial charge in [-0.3, -0.25) is 4.79 Å². The zero-order valence-corrected chi connectivity index (χ0v) is 12.9. The fourth-order valence-electron chi connectivity index (χ4n) is 2.99. The quantitative estimate of drug-likeness (QED) is 0.915. The fraction of sp³-hybridized carbons (Fsp3) is 0.588. The lowest BCUT2D eigenvalue weighted by atomic mass is 9.99. The van der Waals surface area contributed by atoms with Gasteiger partial charge in [-0.1, -0.05) is 24.3 Å². The number of amides is 1. The van der Waals surface area contributed by atoms with Gasteiger partial charge in [0.2, 0.25) is 5.91 Å². The maximum atomic E-state index is 11.3. The number of hydrogen-bond donors (Lipinski definition) is 1. The molecule has 3 heteroatoms. The summed E-state index contributed by atoms with van der Waals surface area (Å²) in [5, 5.41) is 3.72. The average molecular weight is 274 g/mol. The van der Waals surface area contributed by atoms with Crippen molar-refractivity contribution in [2.75, 3.05) is 13.1 Å². The van der Waals surface area contributed by atoms with Crippen molar-refractivity contribution in [2.24, 2.45) is 0 Å². The van der Waals surface area contributed by atoms with Gasteiger partial charge in [-0.25, -0.2) is 0 Å². The van der Waals surface area contributed by atoms with Gasteiger partial charge in [0.05, 0.1) is 0 Å². The van der Waals surface area contributed by atoms with Crippen LogP contribution in [0.3, 0.4) is 0 Å². The summed E-state index contributed by atoms with van der Waals surface area (Å²) in [6.07, 6.45) is 3.20. The van der Waals surface area contributed by atoms with Gasteiger partial charge in [-0.05, 0) is 44.2 Å². The SMILES string of the molecule is CC(=O)N1CCC(NC(C)Cc2ccccc2C)CC1. The van der Waals surface area contributed by atoms with E-state index in [9.17, 15) is 4.79 Å². The highest BCUT2D eigenvalue weighted by Gasteiger charge is 2.21. The van der Waals surface area contributed by atoms with Crippen molar-refractivity contribution in [1.82, 2.24) is 10.2 Å². The third-order valence-corrected chi connectivity index (χ3v) is 4.25. The molecule has 1 aromatic rings. The number of carbonyl (C=O) groups is 1. The standard InChI is InChI=1S/C17H26N2O/c1-13-6-4-5-7-16(13)12-14(2)18-17-8-10-19(11-9-17)15(3)20/h4-7,14,17-18H,8-12H2,1-3H3. The number of piperidine rings is 1. The molecule has 1 heterocycles. The first-order valence-electron chi connectivity index (χ1n) is 7.62. The number of carbonyl (C=O) groups excluding carboxylic acids is 1. The molecule has 1 saturated heterocycles. The maximum Gasteiger partial charge on any atom is 0.219 e. The fourth-order valence-corrected chi connectivity index (χ4v) is 2.99. The second-order valence-electron chi connectivity index (χ2n) is 5.98. The lowest BCUT2D eigenvalue weighted by Crippen LogP contribution is -2.47. The van der Waals surface area contributed by atoms with Gasteiger partial charge in [-0.2, -0.15) is 0 Å². The number of benzene rings is 1. The predicted molar refractivity (Wildman–Crippen MR) is 82.8 cm³/mol. The highest BCUT2D eigenvalue weighted by molar-refractivity contribution is 5.73. The molecule has 1 aliphatic rings. The molecule has 0 radical (unpaired) electrons. The summed E-state index contributed by atoms with van der Waals surface area (Å²) in [7, 11) is 0. The lowest BCUT2D eigenvalue weighted by molar-refractivity contribution is -0.129. The first-order chi connectivity index (χ1) is 9.56. The molecule has 1 N–H and O–H groups in total. The first-order valence-corrected chi connectivity index (χ1v) is 7.62. The molecule has 0 aliphatic carbocycles. The van der Waals surface area contributed by atoms with Gasteiger partial charge in [0.25, 0.3) is 0 Å². The Morgan fingerprint density at radius 3 is 2.60 bits per heavy atom. The van der Waals surface area contributed by atoms with Crippen LogP contribution in [0.4, 0.5) is 0 Å². The van der Waals surface area contributed by atoms with E-state index in [0.717, 1.165) is 32.4 Å². The molecule has 1 aromatic carbocycles. The summed E-state index contributed by atoms with van der Waals surface area (Å²) >= 11 is 0. The Hall–Kier alpha value is -1.35. The molecule has 1 amide bonds. The van der Waals surface area contributed by atoms with E-state index < -0.39 is 0 Å². The maximum absolute atomic E-state index is 11.3. The van der Waals surface area contributed by atoms with Crippen molar-refractivity contribution in [3.63, 3.8) is 0 Å². The highest BCUT2D eigenvalue weighted by atomic mass is 16.2. The van der Waals surface area contributed by atoms with Crippen LogP contribution in [0.5, 0.6) is 0 Å². The van der Waals surface area contributed by atoms with Crippen molar-refractivity contribution >= 4 is 5.91 Å². The van der Waals surface area contributed by atoms with E-state index in [-0.39, 0.29) is 5.91 Å². The van der Waals surface area contributed by atoms with Crippen molar-refractivity contribution < 1.29 is 4.79 Å². The minimum Gasteiger partial charge on any atom is -0.343 e. The molecular formula is C17H26N2O. The molecule has 0 bridgehead atoms. The molecule has 3 nitrogen and oxygen atoms in total. The van der Waals surface area contributed by atoms with E-state index in [1.54, 1.807) is 6.92 Å². The van der Waals surface area contributed by atoms with Crippen LogP contribution < -0.4 is 5.32 Å². The van der Waals surface area contributed by atoms with E-state index in [1.807, 2.05) is 4.90 Å². The molecule has 1 aliphatic heterocycles. The Bertz CT molecular complexity index is 450. The van der Waals surface area contributed by atoms with E-state index in [4.69, 9.17) is 0 Å². The largest absolute Gasteiger partial charge is 0.343 e. The van der Waals surface area contributed by atoms with Crippen LogP contribution in [0.25, 0.3) is 0 Å². The number of nitrogens with zero attached hydrogens (tertiary/aromatic N) is 1. The summed E-state index contributed by atoms with van der Waals surface area (Å²) in [4.78, 5) is 13.3. The third kappa shape index (κ3) is 4.07. The lowest BCUT2D eigenvalue weighted by Gasteiger charge is -2.33. The molecule has 110 valence electrons. The van der Waals surface area contributed by atoms with Crippen molar-refractivity contribution in [2.45, 2.75) is 52.1 Å². The molecule has 2 rings (SSSR count). The van der Waals surface area contributed by atoms with Crippen LogP contribution in [-0.4, -0.2) is 36.0 Å². The summed E-state index contributed by atoms with van der Waals surface area (Å²) in [6, 6.07) is 9.61. The summed E-state index contributed by atoms with van der Waals surface area (Å²) in [6.45, 7) is 7.87. The minimum absolute atomic E-state index is 0.205. The van der Waals surface area contributed by atoms with E-state index in [2.05, 4.69) is 43.4 Å². The second kappa shape index (κ2) is 6.89. The predicted octanol–water partition coefficient (Wildman–Crippen LogP) is 2.53. The monoisotopic (exact) mass is 274 g/mol. The summed E-state index contributed by atoms with van der Waals surface area (Å²) in [5.41, 5.74) is 2.79. The van der Waals surface area contributed by atoms with Crippen molar-refractivity contribution in [3.8, 4) is 0 Å². The zero-order valence-electron chi connectivity index (χ0n) is 12.9. The molecular weight excluding hydrogens is 248 g/mol. The van der Waals surface area contributed by atoms with Gasteiger partial charge >= 0.3 is 0 Å².